The first kappa shape index (κ1) is 20.0. The van der Waals surface area contributed by atoms with Gasteiger partial charge in [0.25, 0.3) is 5.91 Å². The predicted octanol–water partition coefficient (Wildman–Crippen LogP) is 2.90. The number of rotatable bonds is 6. The Hall–Kier alpha value is -3.78. The summed E-state index contributed by atoms with van der Waals surface area (Å²) in [5.41, 5.74) is 6.55. The number of halogens is 2. The first-order valence-corrected chi connectivity index (χ1v) is 8.81. The Morgan fingerprint density at radius 3 is 2.90 bits per heavy atom. The Morgan fingerprint density at radius 1 is 1.34 bits per heavy atom. The molecule has 0 unspecified atom stereocenters. The summed E-state index contributed by atoms with van der Waals surface area (Å²) in [6.07, 6.45) is 0. The van der Waals surface area contributed by atoms with E-state index in [1.54, 1.807) is 24.3 Å². The van der Waals surface area contributed by atoms with Crippen LogP contribution >= 0.6 is 15.9 Å². The second kappa shape index (κ2) is 8.94. The minimum Gasteiger partial charge on any atom is -0.482 e. The first-order valence-electron chi connectivity index (χ1n) is 8.02. The fraction of sp³-hybridized carbons (Fsp3) is 0.0556. The van der Waals surface area contributed by atoms with Crippen molar-refractivity contribution >= 4 is 39.2 Å². The molecule has 0 aliphatic rings. The van der Waals surface area contributed by atoms with Gasteiger partial charge in [0, 0.05) is 0 Å². The minimum atomic E-state index is -0.577. The van der Waals surface area contributed by atoms with Crippen LogP contribution < -0.4 is 15.8 Å². The molecule has 1 aromatic heterocycles. The number of aromatic nitrogens is 2. The number of benzene rings is 2. The van der Waals surface area contributed by atoms with Crippen molar-refractivity contribution in [2.24, 2.45) is 10.7 Å². The molecule has 3 aromatic rings. The van der Waals surface area contributed by atoms with Gasteiger partial charge < -0.3 is 15.8 Å². The number of nitrogens with zero attached hydrogens (tertiary/aromatic N) is 4. The van der Waals surface area contributed by atoms with Gasteiger partial charge in [-0.3, -0.25) is 4.79 Å². The van der Waals surface area contributed by atoms with Gasteiger partial charge in [0.05, 0.1) is 15.7 Å². The van der Waals surface area contributed by atoms with E-state index < -0.39 is 11.7 Å². The fourth-order valence-electron chi connectivity index (χ4n) is 2.18. The lowest BCUT2D eigenvalue weighted by Gasteiger charge is -2.07. The van der Waals surface area contributed by atoms with Crippen LogP contribution in [0.4, 0.5) is 15.9 Å². The molecule has 29 heavy (non-hydrogen) atoms. The topological polar surface area (TPSA) is 139 Å². The maximum absolute atomic E-state index is 13.3. The molecule has 0 fully saturated rings. The van der Waals surface area contributed by atoms with Gasteiger partial charge in [-0.2, -0.15) is 5.26 Å². The Labute approximate surface area is 172 Å². The van der Waals surface area contributed by atoms with Crippen LogP contribution in [-0.2, 0) is 4.79 Å². The van der Waals surface area contributed by atoms with Gasteiger partial charge in [0.15, 0.2) is 18.1 Å². The summed E-state index contributed by atoms with van der Waals surface area (Å²) in [6, 6.07) is 12.5. The number of amides is 1. The Bertz CT molecular complexity index is 1120. The van der Waals surface area contributed by atoms with Crippen LogP contribution in [0.15, 0.2) is 56.6 Å². The zero-order valence-corrected chi connectivity index (χ0v) is 16.2. The van der Waals surface area contributed by atoms with Crippen molar-refractivity contribution in [3.63, 3.8) is 0 Å². The maximum atomic E-state index is 13.3. The Morgan fingerprint density at radius 2 is 2.14 bits per heavy atom. The van der Waals surface area contributed by atoms with E-state index in [0.29, 0.717) is 11.3 Å². The van der Waals surface area contributed by atoms with Gasteiger partial charge >= 0.3 is 0 Å². The number of hydrogen-bond acceptors (Lipinski definition) is 7. The molecule has 2 aromatic carbocycles. The summed E-state index contributed by atoms with van der Waals surface area (Å²) >= 11 is 3.06. The molecule has 0 radical (unpaired) electrons. The molecule has 0 saturated carbocycles. The smallest absolute Gasteiger partial charge is 0.263 e. The zero-order valence-electron chi connectivity index (χ0n) is 14.6. The van der Waals surface area contributed by atoms with Crippen molar-refractivity contribution in [2.45, 2.75) is 0 Å². The average Bonchev–Trinajstić information content (AvgIpc) is 3.17. The molecular weight excluding hydrogens is 447 g/mol. The number of para-hydroxylation sites is 1. The SMILES string of the molecule is N#Cc1ccccc1OCC(=O)Nc1nonc1C(N)=Nc1ccc(F)c(Br)c1. The van der Waals surface area contributed by atoms with E-state index in [4.69, 9.17) is 15.7 Å². The number of amidine groups is 1. The standard InChI is InChI=1S/C18H12BrFN6O3/c19-12-7-11(5-6-13(12)20)23-17(22)16-18(26-29-25-16)24-15(27)9-28-14-4-2-1-3-10(14)8-21/h1-7H,9H2,(H2,22,23)(H,24,26,27). The van der Waals surface area contributed by atoms with Crippen molar-refractivity contribution in [1.82, 2.24) is 10.3 Å². The van der Waals surface area contributed by atoms with Crippen LogP contribution in [0, 0.1) is 17.1 Å². The lowest BCUT2D eigenvalue weighted by Crippen LogP contribution is -2.23. The highest BCUT2D eigenvalue weighted by atomic mass is 79.9. The quantitative estimate of drug-likeness (QED) is 0.427. The van der Waals surface area contributed by atoms with Crippen LogP contribution in [0.25, 0.3) is 0 Å². The second-order valence-electron chi connectivity index (χ2n) is 5.50. The molecule has 0 bridgehead atoms. The van der Waals surface area contributed by atoms with Crippen LogP contribution in [0.1, 0.15) is 11.3 Å². The van der Waals surface area contributed by atoms with Gasteiger partial charge in [0.1, 0.15) is 17.6 Å². The third-order valence-electron chi connectivity index (χ3n) is 3.51. The van der Waals surface area contributed by atoms with Crippen molar-refractivity contribution in [3.05, 3.63) is 64.0 Å². The van der Waals surface area contributed by atoms with E-state index in [1.165, 1.54) is 18.2 Å². The molecule has 9 nitrogen and oxygen atoms in total. The molecule has 0 atom stereocenters. The van der Waals surface area contributed by atoms with Crippen LogP contribution in [0.5, 0.6) is 5.75 Å². The zero-order chi connectivity index (χ0) is 20.8. The second-order valence-corrected chi connectivity index (χ2v) is 6.36. The number of ether oxygens (including phenoxy) is 1. The molecule has 0 saturated heterocycles. The highest BCUT2D eigenvalue weighted by molar-refractivity contribution is 9.10. The van der Waals surface area contributed by atoms with Gasteiger partial charge in [-0.25, -0.2) is 14.0 Å². The number of carbonyl (C=O) groups is 1. The first-order chi connectivity index (χ1) is 14.0. The van der Waals surface area contributed by atoms with E-state index in [-0.39, 0.29) is 34.2 Å². The van der Waals surface area contributed by atoms with Gasteiger partial charge in [-0.1, -0.05) is 12.1 Å². The average molecular weight is 459 g/mol. The van der Waals surface area contributed by atoms with Crippen LogP contribution in [-0.4, -0.2) is 28.7 Å². The largest absolute Gasteiger partial charge is 0.482 e. The third kappa shape index (κ3) is 4.94. The fourth-order valence-corrected chi connectivity index (χ4v) is 2.55. The lowest BCUT2D eigenvalue weighted by molar-refractivity contribution is -0.118. The third-order valence-corrected chi connectivity index (χ3v) is 4.12. The number of nitrogens with one attached hydrogen (secondary N) is 1. The molecular formula is C18H12BrFN6O3. The van der Waals surface area contributed by atoms with Crippen LogP contribution in [0.2, 0.25) is 0 Å². The highest BCUT2D eigenvalue weighted by Gasteiger charge is 2.17. The van der Waals surface area contributed by atoms with E-state index in [9.17, 15) is 9.18 Å². The lowest BCUT2D eigenvalue weighted by atomic mass is 10.2. The molecule has 1 amide bonds. The molecule has 0 aliphatic heterocycles. The summed E-state index contributed by atoms with van der Waals surface area (Å²) in [4.78, 5) is 16.2. The highest BCUT2D eigenvalue weighted by Crippen LogP contribution is 2.23. The number of anilines is 1. The van der Waals surface area contributed by atoms with Gasteiger partial charge in [-0.05, 0) is 56.6 Å². The van der Waals surface area contributed by atoms with Gasteiger partial charge in [0.2, 0.25) is 5.82 Å². The van der Waals surface area contributed by atoms with Crippen molar-refractivity contribution in [3.8, 4) is 11.8 Å². The molecule has 1 heterocycles. The van der Waals surface area contributed by atoms with Crippen molar-refractivity contribution in [2.75, 3.05) is 11.9 Å². The maximum Gasteiger partial charge on any atom is 0.263 e. The summed E-state index contributed by atoms with van der Waals surface area (Å²) in [5.74, 6) is -0.916. The summed E-state index contributed by atoms with van der Waals surface area (Å²) in [7, 11) is 0. The molecule has 146 valence electrons. The summed E-state index contributed by atoms with van der Waals surface area (Å²) in [5, 5.41) is 18.7. The Balaban J connectivity index is 1.69. The monoisotopic (exact) mass is 458 g/mol. The number of nitriles is 1. The van der Waals surface area contributed by atoms with E-state index in [1.807, 2.05) is 6.07 Å². The Kier molecular flexibility index (Phi) is 6.16. The molecule has 11 heteroatoms. The number of hydrogen-bond donors (Lipinski definition) is 2. The molecule has 3 rings (SSSR count). The van der Waals surface area contributed by atoms with Crippen molar-refractivity contribution in [1.29, 1.82) is 5.26 Å². The summed E-state index contributed by atoms with van der Waals surface area (Å²) < 4.78 is 23.5. The predicted molar refractivity (Wildman–Crippen MR) is 104 cm³/mol. The van der Waals surface area contributed by atoms with Crippen LogP contribution in [0.3, 0.4) is 0 Å². The van der Waals surface area contributed by atoms with Crippen molar-refractivity contribution < 1.29 is 18.6 Å². The summed E-state index contributed by atoms with van der Waals surface area (Å²) in [6.45, 7) is -0.382. The van der Waals surface area contributed by atoms with Gasteiger partial charge in [-0.15, -0.1) is 0 Å². The van der Waals surface area contributed by atoms with E-state index >= 15 is 0 Å². The molecule has 3 N–H and O–H groups in total. The molecule has 0 aliphatic carbocycles. The molecule has 0 spiro atoms. The van der Waals surface area contributed by atoms with E-state index in [0.717, 1.165) is 0 Å². The number of nitrogens with two attached hydrogens (primary N) is 1. The normalized spacial score (nSPS) is 11.0. The number of carbonyl (C=O) groups excluding carboxylic acids is 1. The van der Waals surface area contributed by atoms with E-state index in [2.05, 4.69) is 41.2 Å². The number of aliphatic imine (C=N–C) groups is 1. The minimum absolute atomic E-state index is 0.00350.